The third-order valence-corrected chi connectivity index (χ3v) is 4.76. The van der Waals surface area contributed by atoms with Gasteiger partial charge in [-0.25, -0.2) is 13.9 Å². The highest BCUT2D eigenvalue weighted by atomic mass is 35.5. The van der Waals surface area contributed by atoms with Crippen molar-refractivity contribution >= 4 is 16.8 Å². The smallest absolute Gasteiger partial charge is 0.368 e. The van der Waals surface area contributed by atoms with Crippen LogP contribution in [0.5, 0.6) is 0 Å². The minimum Gasteiger partial charge on any atom is -1.00 e. The Bertz CT molecular complexity index is 1210. The van der Waals surface area contributed by atoms with Crippen molar-refractivity contribution in [2.75, 3.05) is 0 Å². The van der Waals surface area contributed by atoms with E-state index < -0.39 is 0 Å². The van der Waals surface area contributed by atoms with Crippen LogP contribution in [0.2, 0.25) is 0 Å². The highest BCUT2D eigenvalue weighted by Crippen LogP contribution is 2.22. The molecule has 0 radical (unpaired) electrons. The van der Waals surface area contributed by atoms with Crippen LogP contribution in [0.15, 0.2) is 85.1 Å². The van der Waals surface area contributed by atoms with E-state index in [2.05, 4.69) is 62.6 Å². The number of rotatable bonds is 3. The van der Waals surface area contributed by atoms with Gasteiger partial charge in [0, 0.05) is 5.56 Å². The number of aromatic nitrogens is 3. The molecule has 0 fully saturated rings. The van der Waals surface area contributed by atoms with E-state index in [1.54, 1.807) is 12.1 Å². The van der Waals surface area contributed by atoms with E-state index in [0.717, 1.165) is 29.1 Å². The van der Waals surface area contributed by atoms with Gasteiger partial charge in [-0.3, -0.25) is 0 Å². The van der Waals surface area contributed by atoms with Crippen LogP contribution in [0.4, 0.5) is 4.39 Å². The summed E-state index contributed by atoms with van der Waals surface area (Å²) in [6.07, 6.45) is 2.08. The summed E-state index contributed by atoms with van der Waals surface area (Å²) < 4.78 is 17.7. The van der Waals surface area contributed by atoms with Crippen LogP contribution < -0.4 is 17.0 Å². The van der Waals surface area contributed by atoms with Crippen LogP contribution in [0.25, 0.3) is 28.1 Å². The van der Waals surface area contributed by atoms with Crippen LogP contribution in [0, 0.1) is 5.82 Å². The van der Waals surface area contributed by atoms with Gasteiger partial charge in [0.2, 0.25) is 0 Å². The fourth-order valence-corrected chi connectivity index (χ4v) is 3.50. The molecule has 0 aliphatic rings. The summed E-state index contributed by atoms with van der Waals surface area (Å²) in [5, 5.41) is 0. The number of imidazole rings is 2. The first-order chi connectivity index (χ1) is 12.8. The molecule has 0 aliphatic carbocycles. The van der Waals surface area contributed by atoms with Gasteiger partial charge in [-0.2, -0.15) is 4.40 Å². The molecule has 0 bridgehead atoms. The average molecular weight is 378 g/mol. The zero-order chi connectivity index (χ0) is 17.5. The summed E-state index contributed by atoms with van der Waals surface area (Å²) >= 11 is 0. The Kier molecular flexibility index (Phi) is 4.42. The maximum absolute atomic E-state index is 13.2. The maximum Gasteiger partial charge on any atom is 0.368 e. The lowest BCUT2D eigenvalue weighted by atomic mass is 10.2. The Labute approximate surface area is 162 Å². The molecule has 1 N–H and O–H groups in total. The molecular formula is C22H17ClFN3. The Morgan fingerprint density at radius 1 is 0.852 bits per heavy atom. The summed E-state index contributed by atoms with van der Waals surface area (Å²) in [5.41, 5.74) is 5.49. The number of hydrogen-bond donors (Lipinski definition) is 1. The van der Waals surface area contributed by atoms with Gasteiger partial charge in [-0.1, -0.05) is 42.5 Å². The molecule has 3 nitrogen and oxygen atoms in total. The second-order valence-electron chi connectivity index (χ2n) is 6.43. The summed E-state index contributed by atoms with van der Waals surface area (Å²) in [6.45, 7) is 0.779. The van der Waals surface area contributed by atoms with Crippen molar-refractivity contribution < 1.29 is 21.4 Å². The average Bonchev–Trinajstić information content (AvgIpc) is 3.23. The molecule has 5 heteroatoms. The predicted molar refractivity (Wildman–Crippen MR) is 100 cm³/mol. The van der Waals surface area contributed by atoms with Crippen LogP contribution >= 0.6 is 0 Å². The van der Waals surface area contributed by atoms with Gasteiger partial charge >= 0.3 is 5.78 Å². The van der Waals surface area contributed by atoms with Crippen LogP contribution in [-0.2, 0) is 6.54 Å². The van der Waals surface area contributed by atoms with E-state index in [0.29, 0.717) is 0 Å². The van der Waals surface area contributed by atoms with Gasteiger partial charge in [0.1, 0.15) is 28.7 Å². The van der Waals surface area contributed by atoms with Crippen molar-refractivity contribution in [3.8, 4) is 11.3 Å². The number of aromatic amines is 1. The first-order valence-corrected chi connectivity index (χ1v) is 8.61. The quantitative estimate of drug-likeness (QED) is 0.462. The van der Waals surface area contributed by atoms with Gasteiger partial charge in [0.25, 0.3) is 0 Å². The van der Waals surface area contributed by atoms with Crippen LogP contribution in [-0.4, -0.2) is 9.38 Å². The van der Waals surface area contributed by atoms with Crippen molar-refractivity contribution in [1.29, 1.82) is 0 Å². The molecular weight excluding hydrogens is 361 g/mol. The van der Waals surface area contributed by atoms with E-state index in [4.69, 9.17) is 0 Å². The van der Waals surface area contributed by atoms with E-state index in [1.165, 1.54) is 23.2 Å². The SMILES string of the molecule is Fc1ccc(-c2cn3c4ccccc4[n+](Cc4ccccc4)c3[nH]2)cc1.[Cl-]. The standard InChI is InChI=1S/C22H16FN3.ClH/c23-18-12-10-17(11-13-18)19-15-26-21-9-5-4-8-20(21)25(22(26)24-19)14-16-6-2-1-3-7-16;/h1-13,15H,14H2;1H. The van der Waals surface area contributed by atoms with Gasteiger partial charge in [-0.05, 0) is 42.0 Å². The molecule has 0 aliphatic heterocycles. The molecule has 134 valence electrons. The monoisotopic (exact) mass is 377 g/mol. The van der Waals surface area contributed by atoms with Crippen molar-refractivity contribution in [2.45, 2.75) is 6.54 Å². The molecule has 27 heavy (non-hydrogen) atoms. The number of halogens is 2. The van der Waals surface area contributed by atoms with Crippen molar-refractivity contribution in [2.24, 2.45) is 0 Å². The number of fused-ring (bicyclic) bond motifs is 3. The summed E-state index contributed by atoms with van der Waals surface area (Å²) in [6, 6.07) is 25.3. The fraction of sp³-hybridized carbons (Fsp3) is 0.0455. The Morgan fingerprint density at radius 2 is 1.56 bits per heavy atom. The molecule has 0 spiro atoms. The first kappa shape index (κ1) is 17.3. The van der Waals surface area contributed by atoms with Gasteiger partial charge in [0.05, 0.1) is 6.54 Å². The van der Waals surface area contributed by atoms with Crippen LogP contribution in [0.3, 0.4) is 0 Å². The van der Waals surface area contributed by atoms with Gasteiger partial charge < -0.3 is 12.4 Å². The lowest BCUT2D eigenvalue weighted by Gasteiger charge is -2.00. The number of nitrogens with one attached hydrogen (secondary N) is 1. The van der Waals surface area contributed by atoms with Gasteiger partial charge in [-0.15, -0.1) is 0 Å². The van der Waals surface area contributed by atoms with Crippen molar-refractivity contribution in [3.05, 3.63) is 96.4 Å². The van der Waals surface area contributed by atoms with Crippen molar-refractivity contribution in [3.63, 3.8) is 0 Å². The van der Waals surface area contributed by atoms with E-state index in [-0.39, 0.29) is 18.2 Å². The number of nitrogens with zero attached hydrogens (tertiary/aromatic N) is 2. The number of hydrogen-bond acceptors (Lipinski definition) is 0. The molecule has 3 aromatic carbocycles. The molecule has 0 saturated carbocycles. The molecule has 5 aromatic rings. The second-order valence-corrected chi connectivity index (χ2v) is 6.43. The highest BCUT2D eigenvalue weighted by Gasteiger charge is 2.21. The zero-order valence-corrected chi connectivity index (χ0v) is 15.2. The molecule has 0 unspecified atom stereocenters. The number of H-pyrrole nitrogens is 1. The summed E-state index contributed by atoms with van der Waals surface area (Å²) in [5.74, 6) is 0.783. The third-order valence-electron chi connectivity index (χ3n) is 4.76. The largest absolute Gasteiger partial charge is 1.00 e. The molecule has 2 aromatic heterocycles. The molecule has 0 atom stereocenters. The highest BCUT2D eigenvalue weighted by molar-refractivity contribution is 5.76. The number of benzene rings is 3. The Hall–Kier alpha value is -3.11. The normalized spacial score (nSPS) is 11.0. The fourth-order valence-electron chi connectivity index (χ4n) is 3.50. The first-order valence-electron chi connectivity index (χ1n) is 8.61. The van der Waals surface area contributed by atoms with Crippen LogP contribution in [0.1, 0.15) is 5.56 Å². The molecule has 5 rings (SSSR count). The molecule has 0 saturated heterocycles. The minimum absolute atomic E-state index is 0. The summed E-state index contributed by atoms with van der Waals surface area (Å²) in [7, 11) is 0. The topological polar surface area (TPSA) is 24.1 Å². The van der Waals surface area contributed by atoms with Gasteiger partial charge in [0.15, 0.2) is 0 Å². The third kappa shape index (κ3) is 2.98. The Morgan fingerprint density at radius 3 is 2.33 bits per heavy atom. The van der Waals surface area contributed by atoms with Crippen molar-refractivity contribution in [1.82, 2.24) is 9.38 Å². The van der Waals surface area contributed by atoms with E-state index >= 15 is 0 Å². The summed E-state index contributed by atoms with van der Waals surface area (Å²) in [4.78, 5) is 3.51. The lowest BCUT2D eigenvalue weighted by molar-refractivity contribution is -0.638. The predicted octanol–water partition coefficient (Wildman–Crippen LogP) is 1.57. The number of para-hydroxylation sites is 2. The maximum atomic E-state index is 13.2. The molecule has 2 heterocycles. The second kappa shape index (κ2) is 6.89. The lowest BCUT2D eigenvalue weighted by Crippen LogP contribution is -3.00. The van der Waals surface area contributed by atoms with E-state index in [1.807, 2.05) is 12.1 Å². The Balaban J connectivity index is 0.00000180. The van der Waals surface area contributed by atoms with E-state index in [9.17, 15) is 4.39 Å². The zero-order valence-electron chi connectivity index (χ0n) is 14.4. The minimum atomic E-state index is -0.225. The molecule has 0 amide bonds.